The van der Waals surface area contributed by atoms with E-state index in [1.807, 2.05) is 24.3 Å². The first-order valence-electron chi connectivity index (χ1n) is 7.93. The van der Waals surface area contributed by atoms with Gasteiger partial charge in [0, 0.05) is 12.6 Å². The molecule has 1 N–H and O–H groups in total. The van der Waals surface area contributed by atoms with E-state index in [4.69, 9.17) is 6.57 Å². The molecule has 1 fully saturated rings. The Hall–Kier alpha value is -2.45. The molecular formula is C18H21N5. The third kappa shape index (κ3) is 3.66. The molecule has 0 spiro atoms. The summed E-state index contributed by atoms with van der Waals surface area (Å²) in [6.45, 7) is 11.3. The van der Waals surface area contributed by atoms with Crippen LogP contribution in [0.15, 0.2) is 30.3 Å². The van der Waals surface area contributed by atoms with E-state index < -0.39 is 0 Å². The Balaban J connectivity index is 1.76. The van der Waals surface area contributed by atoms with Gasteiger partial charge in [-0.2, -0.15) is 0 Å². The molecule has 5 heteroatoms. The fourth-order valence-electron chi connectivity index (χ4n) is 2.95. The summed E-state index contributed by atoms with van der Waals surface area (Å²) in [5.74, 6) is 0.867. The van der Waals surface area contributed by atoms with E-state index in [-0.39, 0.29) is 0 Å². The molecule has 1 aromatic heterocycles. The molecule has 118 valence electrons. The summed E-state index contributed by atoms with van der Waals surface area (Å²) in [5.41, 5.74) is 3.55. The summed E-state index contributed by atoms with van der Waals surface area (Å²) in [7, 11) is 2.16. The number of aromatic nitrogens is 2. The van der Waals surface area contributed by atoms with Gasteiger partial charge in [-0.15, -0.1) is 10.2 Å². The second kappa shape index (κ2) is 6.76. The van der Waals surface area contributed by atoms with Crippen molar-refractivity contribution in [2.45, 2.75) is 25.8 Å². The maximum Gasteiger partial charge on any atom is 0.187 e. The topological polar surface area (TPSA) is 45.4 Å². The van der Waals surface area contributed by atoms with Gasteiger partial charge >= 0.3 is 0 Å². The van der Waals surface area contributed by atoms with Gasteiger partial charge in [-0.3, -0.25) is 0 Å². The van der Waals surface area contributed by atoms with Crippen molar-refractivity contribution in [2.24, 2.45) is 0 Å². The van der Waals surface area contributed by atoms with Crippen molar-refractivity contribution in [3.05, 3.63) is 47.3 Å². The smallest absolute Gasteiger partial charge is 0.187 e. The van der Waals surface area contributed by atoms with Crippen molar-refractivity contribution >= 4 is 11.5 Å². The lowest BCUT2D eigenvalue weighted by Gasteiger charge is -2.30. The Labute approximate surface area is 137 Å². The molecule has 1 atom stereocenters. The number of hydrogen-bond acceptors (Lipinski definition) is 4. The molecule has 0 saturated carbocycles. The number of piperidine rings is 1. The fraction of sp³-hybridized carbons (Fsp3) is 0.389. The first kappa shape index (κ1) is 15.4. The third-order valence-corrected chi connectivity index (χ3v) is 4.24. The Bertz CT molecular complexity index is 717. The first-order chi connectivity index (χ1) is 11.2. The molecule has 0 radical (unpaired) electrons. The van der Waals surface area contributed by atoms with Crippen LogP contribution in [0.1, 0.15) is 18.4 Å². The maximum atomic E-state index is 7.00. The lowest BCUT2D eigenvalue weighted by molar-refractivity contribution is 0.260. The number of anilines is 1. The minimum absolute atomic E-state index is 0.436. The number of rotatable bonds is 3. The largest absolute Gasteiger partial charge is 0.364 e. The average Bonchev–Trinajstić information content (AvgIpc) is 2.57. The molecule has 1 aromatic carbocycles. The van der Waals surface area contributed by atoms with Gasteiger partial charge in [0.05, 0.1) is 12.3 Å². The van der Waals surface area contributed by atoms with Crippen LogP contribution in [0.4, 0.5) is 11.5 Å². The molecule has 23 heavy (non-hydrogen) atoms. The lowest BCUT2D eigenvalue weighted by atomic mass is 10.1. The minimum Gasteiger partial charge on any atom is -0.364 e. The van der Waals surface area contributed by atoms with E-state index in [9.17, 15) is 0 Å². The molecule has 0 bridgehead atoms. The van der Waals surface area contributed by atoms with Crippen molar-refractivity contribution in [3.8, 4) is 11.3 Å². The molecule has 3 rings (SSSR count). The molecule has 0 amide bonds. The quantitative estimate of drug-likeness (QED) is 0.881. The van der Waals surface area contributed by atoms with Gasteiger partial charge in [0.25, 0.3) is 0 Å². The molecular weight excluding hydrogens is 286 g/mol. The molecule has 1 aliphatic rings. The van der Waals surface area contributed by atoms with E-state index in [0.29, 0.717) is 11.7 Å². The molecule has 1 saturated heterocycles. The summed E-state index contributed by atoms with van der Waals surface area (Å²) >= 11 is 0. The summed E-state index contributed by atoms with van der Waals surface area (Å²) in [4.78, 5) is 5.75. The van der Waals surface area contributed by atoms with Crippen LogP contribution >= 0.6 is 0 Å². The van der Waals surface area contributed by atoms with Crippen LogP contribution in [0.2, 0.25) is 0 Å². The van der Waals surface area contributed by atoms with Gasteiger partial charge < -0.3 is 10.2 Å². The van der Waals surface area contributed by atoms with Gasteiger partial charge in [0.15, 0.2) is 11.5 Å². The normalized spacial score (nSPS) is 18.4. The first-order valence-corrected chi connectivity index (χ1v) is 7.93. The second-order valence-electron chi connectivity index (χ2n) is 6.17. The number of benzene rings is 1. The van der Waals surface area contributed by atoms with E-state index in [1.165, 1.54) is 19.4 Å². The van der Waals surface area contributed by atoms with Crippen LogP contribution in [-0.2, 0) is 0 Å². The lowest BCUT2D eigenvalue weighted by Crippen LogP contribution is -2.40. The van der Waals surface area contributed by atoms with Gasteiger partial charge in [0.1, 0.15) is 0 Å². The number of likely N-dealkylation sites (N-methyl/N-ethyl adjacent to an activating group) is 1. The van der Waals surface area contributed by atoms with Crippen LogP contribution in [0, 0.1) is 13.5 Å². The van der Waals surface area contributed by atoms with Gasteiger partial charge in [-0.1, -0.05) is 24.3 Å². The summed E-state index contributed by atoms with van der Waals surface area (Å²) in [6, 6.07) is 9.94. The van der Waals surface area contributed by atoms with Gasteiger partial charge in [-0.25, -0.2) is 4.85 Å². The van der Waals surface area contributed by atoms with Gasteiger partial charge in [-0.05, 0) is 50.6 Å². The average molecular weight is 307 g/mol. The third-order valence-electron chi connectivity index (χ3n) is 4.24. The highest BCUT2D eigenvalue weighted by atomic mass is 15.2. The SMILES string of the molecule is [C-]#[N+]c1ccc(-c2cc(C)c(N[C@@H]3CCCN(C)C3)nn2)cc1. The number of nitrogens with zero attached hydrogens (tertiary/aromatic N) is 4. The highest BCUT2D eigenvalue weighted by Gasteiger charge is 2.18. The highest BCUT2D eigenvalue weighted by molar-refractivity contribution is 5.64. The second-order valence-corrected chi connectivity index (χ2v) is 6.17. The van der Waals surface area contributed by atoms with Crippen LogP contribution in [-0.4, -0.2) is 41.3 Å². The van der Waals surface area contributed by atoms with E-state index >= 15 is 0 Å². The van der Waals surface area contributed by atoms with Crippen molar-refractivity contribution in [3.63, 3.8) is 0 Å². The zero-order valence-electron chi connectivity index (χ0n) is 13.6. The molecule has 0 aliphatic carbocycles. The zero-order valence-corrected chi connectivity index (χ0v) is 13.6. The van der Waals surface area contributed by atoms with Crippen LogP contribution in [0.5, 0.6) is 0 Å². The Morgan fingerprint density at radius 2 is 2.04 bits per heavy atom. The highest BCUT2D eigenvalue weighted by Crippen LogP contribution is 2.24. The Kier molecular flexibility index (Phi) is 4.54. The van der Waals surface area contributed by atoms with Gasteiger partial charge in [0.2, 0.25) is 0 Å². The van der Waals surface area contributed by atoms with Crippen LogP contribution in [0.3, 0.4) is 0 Å². The number of aryl methyl sites for hydroxylation is 1. The Morgan fingerprint density at radius 3 is 2.70 bits per heavy atom. The number of nitrogens with one attached hydrogen (secondary N) is 1. The van der Waals surface area contributed by atoms with Crippen molar-refractivity contribution in [1.82, 2.24) is 15.1 Å². The summed E-state index contributed by atoms with van der Waals surface area (Å²) in [5, 5.41) is 12.2. The zero-order chi connectivity index (χ0) is 16.2. The minimum atomic E-state index is 0.436. The summed E-state index contributed by atoms with van der Waals surface area (Å²) in [6.07, 6.45) is 2.39. The monoisotopic (exact) mass is 307 g/mol. The molecule has 1 aliphatic heterocycles. The van der Waals surface area contributed by atoms with Crippen molar-refractivity contribution < 1.29 is 0 Å². The Morgan fingerprint density at radius 1 is 1.26 bits per heavy atom. The van der Waals surface area contributed by atoms with Crippen molar-refractivity contribution in [2.75, 3.05) is 25.5 Å². The summed E-state index contributed by atoms with van der Waals surface area (Å²) < 4.78 is 0. The molecule has 0 unspecified atom stereocenters. The fourth-order valence-corrected chi connectivity index (χ4v) is 2.95. The van der Waals surface area contributed by atoms with E-state index in [1.54, 1.807) is 0 Å². The predicted octanol–water partition coefficient (Wildman–Crippen LogP) is 3.51. The van der Waals surface area contributed by atoms with Crippen molar-refractivity contribution in [1.29, 1.82) is 0 Å². The molecule has 2 aromatic rings. The molecule has 2 heterocycles. The maximum absolute atomic E-state index is 7.00. The van der Waals surface area contributed by atoms with Crippen LogP contribution < -0.4 is 5.32 Å². The van der Waals surface area contributed by atoms with Crippen LogP contribution in [0.25, 0.3) is 16.1 Å². The number of hydrogen-bond donors (Lipinski definition) is 1. The van der Waals surface area contributed by atoms with E-state index in [0.717, 1.165) is 29.2 Å². The number of likely N-dealkylation sites (tertiary alicyclic amines) is 1. The van der Waals surface area contributed by atoms with E-state index in [2.05, 4.69) is 45.3 Å². The predicted molar refractivity (Wildman–Crippen MR) is 92.6 cm³/mol. The molecule has 5 nitrogen and oxygen atoms in total. The standard InChI is InChI=1S/C18H21N5/c1-13-11-17(14-6-8-15(19-2)9-7-14)21-22-18(13)20-16-5-4-10-23(3)12-16/h6-9,11,16H,4-5,10,12H2,1,3H3,(H,20,22)/t16-/m1/s1.